The number of aryl methyl sites for hydroxylation is 2. The van der Waals surface area contributed by atoms with E-state index in [2.05, 4.69) is 11.4 Å². The van der Waals surface area contributed by atoms with E-state index in [0.717, 1.165) is 23.4 Å². The molecule has 35 heavy (non-hydrogen) atoms. The highest BCUT2D eigenvalue weighted by Gasteiger charge is 2.28. The third-order valence-corrected chi connectivity index (χ3v) is 5.61. The Morgan fingerprint density at radius 3 is 2.40 bits per heavy atom. The van der Waals surface area contributed by atoms with Gasteiger partial charge < -0.3 is 20.5 Å². The van der Waals surface area contributed by atoms with E-state index >= 15 is 4.39 Å². The number of nitrogens with zero attached hydrogens (tertiary/aromatic N) is 2. The molecular weight excluding hydrogens is 454 g/mol. The highest BCUT2D eigenvalue weighted by molar-refractivity contribution is 5.96. The van der Waals surface area contributed by atoms with E-state index in [1.54, 1.807) is 18.2 Å². The van der Waals surface area contributed by atoms with Crippen molar-refractivity contribution >= 4 is 22.9 Å². The van der Waals surface area contributed by atoms with E-state index in [0.29, 0.717) is 11.4 Å². The van der Waals surface area contributed by atoms with Gasteiger partial charge in [0, 0.05) is 18.0 Å². The Morgan fingerprint density at radius 1 is 1.11 bits per heavy atom. The number of ether oxygens (including phenoxy) is 2. The molecule has 2 aromatic carbocycles. The fourth-order valence-electron chi connectivity index (χ4n) is 4.10. The molecule has 0 saturated carbocycles. The molecule has 0 aliphatic heterocycles. The van der Waals surface area contributed by atoms with Crippen LogP contribution in [-0.4, -0.2) is 24.0 Å². The first kappa shape index (κ1) is 23.6. The lowest BCUT2D eigenvalue weighted by Crippen LogP contribution is -2.20. The van der Waals surface area contributed by atoms with Crippen molar-refractivity contribution in [2.75, 3.05) is 19.0 Å². The largest absolute Gasteiger partial charge is 0.496 e. The minimum atomic E-state index is -0.910. The number of methoxy groups -OCH3 is 1. The summed E-state index contributed by atoms with van der Waals surface area (Å²) in [5.74, 6) is -1.74. The van der Waals surface area contributed by atoms with Gasteiger partial charge >= 0.3 is 0 Å². The van der Waals surface area contributed by atoms with E-state index in [9.17, 15) is 14.4 Å². The lowest BCUT2D eigenvalue weighted by Gasteiger charge is -2.18. The van der Waals surface area contributed by atoms with Gasteiger partial charge in [-0.2, -0.15) is 5.26 Å². The summed E-state index contributed by atoms with van der Waals surface area (Å²) in [5, 5.41) is 13.4. The molecule has 0 saturated heterocycles. The van der Waals surface area contributed by atoms with Gasteiger partial charge in [-0.05, 0) is 37.1 Å². The lowest BCUT2D eigenvalue weighted by atomic mass is 10.00. The van der Waals surface area contributed by atoms with Crippen LogP contribution < -0.4 is 20.5 Å². The SMILES string of the molecule is COc1cccc(OCC(N)=O)c1-c1c(C#N)c2c(F)cc(F)cn2c1Nc1c(C)cccc1C. The van der Waals surface area contributed by atoms with Gasteiger partial charge in [-0.1, -0.05) is 24.3 Å². The molecule has 2 aromatic heterocycles. The van der Waals surface area contributed by atoms with Crippen molar-refractivity contribution in [3.05, 3.63) is 77.0 Å². The highest BCUT2D eigenvalue weighted by Crippen LogP contribution is 2.47. The molecule has 9 heteroatoms. The van der Waals surface area contributed by atoms with E-state index in [1.807, 2.05) is 32.0 Å². The van der Waals surface area contributed by atoms with Crippen molar-refractivity contribution < 1.29 is 23.0 Å². The molecule has 7 nitrogen and oxygen atoms in total. The number of aromatic nitrogens is 1. The number of benzene rings is 2. The molecule has 0 atom stereocenters. The van der Waals surface area contributed by atoms with Crippen LogP contribution in [0, 0.1) is 36.8 Å². The first-order chi connectivity index (χ1) is 16.8. The summed E-state index contributed by atoms with van der Waals surface area (Å²) in [6.07, 6.45) is 1.10. The van der Waals surface area contributed by atoms with Crippen LogP contribution in [0.1, 0.15) is 16.7 Å². The lowest BCUT2D eigenvalue weighted by molar-refractivity contribution is -0.119. The van der Waals surface area contributed by atoms with Crippen LogP contribution in [-0.2, 0) is 4.79 Å². The average molecular weight is 476 g/mol. The van der Waals surface area contributed by atoms with Gasteiger partial charge in [0.05, 0.1) is 23.8 Å². The Hall–Kier alpha value is -4.58. The van der Waals surface area contributed by atoms with Gasteiger partial charge in [0.2, 0.25) is 0 Å². The number of fused-ring (bicyclic) bond motifs is 1. The number of hydrogen-bond donors (Lipinski definition) is 2. The summed E-state index contributed by atoms with van der Waals surface area (Å²) in [6.45, 7) is 3.35. The maximum absolute atomic E-state index is 15.1. The molecule has 0 unspecified atom stereocenters. The van der Waals surface area contributed by atoms with E-state index < -0.39 is 24.1 Å². The number of primary amides is 1. The zero-order valence-electron chi connectivity index (χ0n) is 19.3. The fourth-order valence-corrected chi connectivity index (χ4v) is 4.10. The molecule has 0 fully saturated rings. The topological polar surface area (TPSA) is 102 Å². The van der Waals surface area contributed by atoms with Gasteiger partial charge in [-0.3, -0.25) is 9.20 Å². The first-order valence-electron chi connectivity index (χ1n) is 10.6. The summed E-state index contributed by atoms with van der Waals surface area (Å²) in [5.41, 5.74) is 8.05. The number of rotatable bonds is 7. The van der Waals surface area contributed by atoms with Gasteiger partial charge in [0.15, 0.2) is 12.4 Å². The predicted octanol–water partition coefficient (Wildman–Crippen LogP) is 4.99. The minimum absolute atomic E-state index is 0.0651. The van der Waals surface area contributed by atoms with Gasteiger partial charge in [0.25, 0.3) is 5.91 Å². The minimum Gasteiger partial charge on any atom is -0.496 e. The van der Waals surface area contributed by atoms with E-state index in [1.165, 1.54) is 11.5 Å². The number of nitrogens with two attached hydrogens (primary N) is 1. The molecule has 0 aliphatic rings. The average Bonchev–Trinajstić information content (AvgIpc) is 3.12. The summed E-state index contributed by atoms with van der Waals surface area (Å²) in [4.78, 5) is 11.4. The number of nitrogens with one attached hydrogen (secondary N) is 1. The molecule has 0 radical (unpaired) electrons. The van der Waals surface area contributed by atoms with Gasteiger partial charge in [0.1, 0.15) is 34.7 Å². The van der Waals surface area contributed by atoms with Crippen LogP contribution in [0.2, 0.25) is 0 Å². The zero-order chi connectivity index (χ0) is 25.3. The van der Waals surface area contributed by atoms with Crippen LogP contribution >= 0.6 is 0 Å². The summed E-state index contributed by atoms with van der Waals surface area (Å²) >= 11 is 0. The molecule has 4 rings (SSSR count). The van der Waals surface area contributed by atoms with Crippen LogP contribution in [0.25, 0.3) is 16.6 Å². The van der Waals surface area contributed by atoms with Gasteiger partial charge in [-0.25, -0.2) is 8.78 Å². The summed E-state index contributed by atoms with van der Waals surface area (Å²) in [7, 11) is 1.43. The smallest absolute Gasteiger partial charge is 0.255 e. The number of carbonyl (C=O) groups is 1. The zero-order valence-corrected chi connectivity index (χ0v) is 19.3. The third-order valence-electron chi connectivity index (χ3n) is 5.61. The van der Waals surface area contributed by atoms with Crippen LogP contribution in [0.5, 0.6) is 11.5 Å². The predicted molar refractivity (Wildman–Crippen MR) is 128 cm³/mol. The van der Waals surface area contributed by atoms with Crippen molar-refractivity contribution in [2.45, 2.75) is 13.8 Å². The van der Waals surface area contributed by atoms with Crippen LogP contribution in [0.4, 0.5) is 20.3 Å². The number of carbonyl (C=O) groups excluding carboxylic acids is 1. The molecular formula is C26H22F2N4O3. The maximum atomic E-state index is 15.1. The second kappa shape index (κ2) is 9.35. The molecule has 4 aromatic rings. The Labute approximate surface area is 200 Å². The second-order valence-electron chi connectivity index (χ2n) is 7.92. The number of anilines is 2. The van der Waals surface area contributed by atoms with E-state index in [-0.39, 0.29) is 33.8 Å². The quantitative estimate of drug-likeness (QED) is 0.391. The van der Waals surface area contributed by atoms with Crippen LogP contribution in [0.15, 0.2) is 48.7 Å². The second-order valence-corrected chi connectivity index (χ2v) is 7.92. The molecule has 0 aliphatic carbocycles. The number of halogens is 2. The Morgan fingerprint density at radius 2 is 1.77 bits per heavy atom. The molecule has 3 N–H and O–H groups in total. The number of hydrogen-bond acceptors (Lipinski definition) is 5. The van der Waals surface area contributed by atoms with Crippen molar-refractivity contribution in [1.29, 1.82) is 5.26 Å². The monoisotopic (exact) mass is 476 g/mol. The normalized spacial score (nSPS) is 10.7. The fraction of sp³-hybridized carbons (Fsp3) is 0.154. The number of nitriles is 1. The first-order valence-corrected chi connectivity index (χ1v) is 10.6. The van der Waals surface area contributed by atoms with Gasteiger partial charge in [-0.15, -0.1) is 0 Å². The highest BCUT2D eigenvalue weighted by atomic mass is 19.1. The summed E-state index contributed by atoms with van der Waals surface area (Å²) < 4.78 is 41.9. The summed E-state index contributed by atoms with van der Waals surface area (Å²) in [6, 6.07) is 13.3. The third kappa shape index (κ3) is 4.22. The Kier molecular flexibility index (Phi) is 6.30. The maximum Gasteiger partial charge on any atom is 0.255 e. The number of amides is 1. The van der Waals surface area contributed by atoms with Crippen molar-refractivity contribution in [2.24, 2.45) is 5.73 Å². The molecule has 2 heterocycles. The van der Waals surface area contributed by atoms with Crippen molar-refractivity contribution in [3.63, 3.8) is 0 Å². The van der Waals surface area contributed by atoms with E-state index in [4.69, 9.17) is 15.2 Å². The molecule has 0 spiro atoms. The van der Waals surface area contributed by atoms with Crippen LogP contribution in [0.3, 0.4) is 0 Å². The van der Waals surface area contributed by atoms with Crippen molar-refractivity contribution in [3.8, 4) is 28.7 Å². The Balaban J connectivity index is 2.13. The van der Waals surface area contributed by atoms with Crippen molar-refractivity contribution in [1.82, 2.24) is 4.40 Å². The number of para-hydroxylation sites is 1. The standard InChI is InChI=1S/C26H22F2N4O3/c1-14-6-4-7-15(2)24(14)31-26-22(17(11-29)25-18(28)10-16(27)12-32(25)26)23-19(34-3)8-5-9-20(23)35-13-21(30)33/h4-10,12,31H,13H2,1-3H3,(H2,30,33). The number of pyridine rings is 1. The molecule has 0 bridgehead atoms. The molecule has 178 valence electrons. The molecule has 1 amide bonds. The Bertz CT molecular complexity index is 1480.